The Morgan fingerprint density at radius 2 is 1.93 bits per heavy atom. The number of nitriles is 1. The molecule has 2 aromatic rings. The lowest BCUT2D eigenvalue weighted by molar-refractivity contribution is -0.117. The van der Waals surface area contributed by atoms with Crippen LogP contribution in [0.5, 0.6) is 0 Å². The van der Waals surface area contributed by atoms with Gasteiger partial charge in [0.2, 0.25) is 0 Å². The molecular weight excluding hydrogens is 396 g/mol. The van der Waals surface area contributed by atoms with Gasteiger partial charge in [0.25, 0.3) is 5.91 Å². The molecule has 0 spiro atoms. The van der Waals surface area contributed by atoms with E-state index in [1.807, 2.05) is 30.3 Å². The molecule has 2 aliphatic rings. The van der Waals surface area contributed by atoms with Gasteiger partial charge >= 0.3 is 0 Å². The molecule has 6 nitrogen and oxygen atoms in total. The summed E-state index contributed by atoms with van der Waals surface area (Å²) in [5.41, 5.74) is 1.92. The molecule has 1 aliphatic carbocycles. The minimum absolute atomic E-state index is 0.134. The van der Waals surface area contributed by atoms with Crippen LogP contribution in [0.15, 0.2) is 35.9 Å². The van der Waals surface area contributed by atoms with Gasteiger partial charge in [-0.1, -0.05) is 60.9 Å². The van der Waals surface area contributed by atoms with Crippen molar-refractivity contribution in [3.05, 3.63) is 40.8 Å². The fraction of sp³-hybridized carbons (Fsp3) is 0.435. The quantitative estimate of drug-likeness (QED) is 0.582. The molecule has 1 amide bonds. The van der Waals surface area contributed by atoms with Crippen LogP contribution in [0, 0.1) is 11.3 Å². The van der Waals surface area contributed by atoms with Crippen LogP contribution >= 0.6 is 11.3 Å². The SMILES string of the molecule is N#C/C(=C\c1sc(N2CCOCC2)nc1-c1ccccc1)C(=O)NC1CCCCC1. The number of aromatic nitrogens is 1. The van der Waals surface area contributed by atoms with Crippen molar-refractivity contribution in [3.63, 3.8) is 0 Å². The molecule has 1 aliphatic heterocycles. The molecule has 1 N–H and O–H groups in total. The zero-order chi connectivity index (χ0) is 20.8. The first kappa shape index (κ1) is 20.6. The van der Waals surface area contributed by atoms with E-state index < -0.39 is 0 Å². The van der Waals surface area contributed by atoms with Gasteiger partial charge < -0.3 is 15.0 Å². The fourth-order valence-electron chi connectivity index (χ4n) is 3.90. The summed E-state index contributed by atoms with van der Waals surface area (Å²) >= 11 is 1.52. The van der Waals surface area contributed by atoms with E-state index in [-0.39, 0.29) is 17.5 Å². The number of rotatable bonds is 5. The van der Waals surface area contributed by atoms with Crippen LogP contribution in [0.25, 0.3) is 17.3 Å². The predicted octanol–water partition coefficient (Wildman–Crippen LogP) is 4.00. The number of amides is 1. The van der Waals surface area contributed by atoms with Gasteiger partial charge in [0.05, 0.1) is 23.8 Å². The molecule has 1 aromatic carbocycles. The van der Waals surface area contributed by atoms with Gasteiger partial charge in [0.1, 0.15) is 11.6 Å². The number of morpholine rings is 1. The van der Waals surface area contributed by atoms with Crippen LogP contribution in [0.3, 0.4) is 0 Å². The Bertz CT molecular complexity index is 936. The summed E-state index contributed by atoms with van der Waals surface area (Å²) in [6.07, 6.45) is 7.16. The summed E-state index contributed by atoms with van der Waals surface area (Å²) in [5.74, 6) is -0.287. The maximum atomic E-state index is 12.8. The van der Waals surface area contributed by atoms with Crippen molar-refractivity contribution in [2.75, 3.05) is 31.2 Å². The van der Waals surface area contributed by atoms with E-state index >= 15 is 0 Å². The van der Waals surface area contributed by atoms with Crippen LogP contribution in [0.1, 0.15) is 37.0 Å². The molecule has 2 heterocycles. The van der Waals surface area contributed by atoms with E-state index in [0.29, 0.717) is 13.2 Å². The molecule has 1 aromatic heterocycles. The number of benzene rings is 1. The van der Waals surface area contributed by atoms with Crippen molar-refractivity contribution in [2.24, 2.45) is 0 Å². The van der Waals surface area contributed by atoms with Gasteiger partial charge in [-0.05, 0) is 18.9 Å². The highest BCUT2D eigenvalue weighted by Crippen LogP contribution is 2.35. The molecule has 156 valence electrons. The van der Waals surface area contributed by atoms with Gasteiger partial charge in [-0.15, -0.1) is 0 Å². The first-order valence-corrected chi connectivity index (χ1v) is 11.4. The number of nitrogens with zero attached hydrogens (tertiary/aromatic N) is 3. The van der Waals surface area contributed by atoms with Crippen molar-refractivity contribution in [1.29, 1.82) is 5.26 Å². The van der Waals surface area contributed by atoms with Crippen LogP contribution in [0.4, 0.5) is 5.13 Å². The fourth-order valence-corrected chi connectivity index (χ4v) is 4.98. The van der Waals surface area contributed by atoms with Crippen LogP contribution < -0.4 is 10.2 Å². The highest BCUT2D eigenvalue weighted by molar-refractivity contribution is 7.17. The maximum absolute atomic E-state index is 12.8. The smallest absolute Gasteiger partial charge is 0.262 e. The number of hydrogen-bond acceptors (Lipinski definition) is 6. The lowest BCUT2D eigenvalue weighted by Crippen LogP contribution is -2.36. The first-order chi connectivity index (χ1) is 14.7. The van der Waals surface area contributed by atoms with Crippen molar-refractivity contribution in [3.8, 4) is 17.3 Å². The van der Waals surface area contributed by atoms with Gasteiger partial charge in [-0.2, -0.15) is 5.26 Å². The lowest BCUT2D eigenvalue weighted by Gasteiger charge is -2.26. The van der Waals surface area contributed by atoms with Crippen LogP contribution in [0.2, 0.25) is 0 Å². The van der Waals surface area contributed by atoms with Gasteiger partial charge in [0.15, 0.2) is 5.13 Å². The summed E-state index contributed by atoms with van der Waals surface area (Å²) in [4.78, 5) is 20.7. The van der Waals surface area contributed by atoms with Gasteiger partial charge in [0, 0.05) is 24.7 Å². The van der Waals surface area contributed by atoms with E-state index in [1.165, 1.54) is 17.8 Å². The molecule has 30 heavy (non-hydrogen) atoms. The molecule has 2 fully saturated rings. The van der Waals surface area contributed by atoms with Crippen LogP contribution in [-0.4, -0.2) is 43.2 Å². The Kier molecular flexibility index (Phi) is 6.77. The zero-order valence-electron chi connectivity index (χ0n) is 17.0. The Hall–Kier alpha value is -2.69. The molecule has 0 radical (unpaired) electrons. The van der Waals surface area contributed by atoms with Crippen molar-refractivity contribution < 1.29 is 9.53 Å². The van der Waals surface area contributed by atoms with E-state index in [0.717, 1.165) is 60.0 Å². The number of nitrogens with one attached hydrogen (secondary N) is 1. The number of thiazole rings is 1. The second kappa shape index (κ2) is 9.88. The Labute approximate surface area is 181 Å². The average Bonchev–Trinajstić information content (AvgIpc) is 3.23. The second-order valence-electron chi connectivity index (χ2n) is 7.65. The summed E-state index contributed by atoms with van der Waals surface area (Å²) in [6.45, 7) is 2.94. The van der Waals surface area contributed by atoms with E-state index in [4.69, 9.17) is 9.72 Å². The Morgan fingerprint density at radius 3 is 2.63 bits per heavy atom. The maximum Gasteiger partial charge on any atom is 0.262 e. The summed E-state index contributed by atoms with van der Waals surface area (Å²) < 4.78 is 5.46. The summed E-state index contributed by atoms with van der Waals surface area (Å²) in [6, 6.07) is 12.2. The molecule has 4 rings (SSSR count). The van der Waals surface area contributed by atoms with Crippen molar-refractivity contribution in [1.82, 2.24) is 10.3 Å². The highest BCUT2D eigenvalue weighted by atomic mass is 32.1. The molecule has 0 bridgehead atoms. The average molecular weight is 423 g/mol. The normalized spacial score (nSPS) is 18.1. The molecule has 7 heteroatoms. The molecule has 1 saturated heterocycles. The minimum Gasteiger partial charge on any atom is -0.378 e. The van der Waals surface area contributed by atoms with Gasteiger partial charge in [-0.3, -0.25) is 4.79 Å². The summed E-state index contributed by atoms with van der Waals surface area (Å²) in [5, 5.41) is 13.6. The lowest BCUT2D eigenvalue weighted by atomic mass is 9.95. The standard InChI is InChI=1S/C23H26N4O2S/c24-16-18(22(28)25-19-9-5-2-6-10-19)15-20-21(17-7-3-1-4-8-17)26-23(30-20)27-11-13-29-14-12-27/h1,3-4,7-8,15,19H,2,5-6,9-14H2,(H,25,28)/b18-15+. The largest absolute Gasteiger partial charge is 0.378 e. The van der Waals surface area contributed by atoms with Crippen LogP contribution in [-0.2, 0) is 9.53 Å². The number of hydrogen-bond donors (Lipinski definition) is 1. The predicted molar refractivity (Wildman–Crippen MR) is 119 cm³/mol. The summed E-state index contributed by atoms with van der Waals surface area (Å²) in [7, 11) is 0. The monoisotopic (exact) mass is 422 g/mol. The van der Waals surface area contributed by atoms with E-state index in [2.05, 4.69) is 16.3 Å². The topological polar surface area (TPSA) is 78.2 Å². The number of carbonyl (C=O) groups is 1. The van der Waals surface area contributed by atoms with Crippen molar-refractivity contribution >= 4 is 28.5 Å². The molecular formula is C23H26N4O2S. The third-order valence-electron chi connectivity index (χ3n) is 5.55. The van der Waals surface area contributed by atoms with E-state index in [1.54, 1.807) is 6.08 Å². The van der Waals surface area contributed by atoms with Crippen molar-refractivity contribution in [2.45, 2.75) is 38.1 Å². The molecule has 0 atom stereocenters. The number of ether oxygens (including phenoxy) is 1. The first-order valence-electron chi connectivity index (χ1n) is 10.6. The zero-order valence-corrected chi connectivity index (χ0v) is 17.8. The Morgan fingerprint density at radius 1 is 1.20 bits per heavy atom. The van der Waals surface area contributed by atoms with E-state index in [9.17, 15) is 10.1 Å². The van der Waals surface area contributed by atoms with Gasteiger partial charge in [-0.25, -0.2) is 4.98 Å². The number of anilines is 1. The second-order valence-corrected chi connectivity index (χ2v) is 8.66. The number of carbonyl (C=O) groups excluding carboxylic acids is 1. The third kappa shape index (κ3) is 4.89. The molecule has 0 unspecified atom stereocenters. The Balaban J connectivity index is 1.64. The third-order valence-corrected chi connectivity index (χ3v) is 6.61. The molecule has 1 saturated carbocycles. The highest BCUT2D eigenvalue weighted by Gasteiger charge is 2.22. The minimum atomic E-state index is -0.287.